The molecule has 1 aliphatic heterocycles. The monoisotopic (exact) mass is 457 g/mol. The molecule has 31 heavy (non-hydrogen) atoms. The van der Waals surface area contributed by atoms with Gasteiger partial charge in [-0.25, -0.2) is 13.5 Å². The molecule has 1 N–H and O–H groups in total. The van der Waals surface area contributed by atoms with E-state index < -0.39 is 30.1 Å². The number of hydrogen-bond acceptors (Lipinski definition) is 5. The molecule has 1 saturated heterocycles. The number of rotatable bonds is 5. The second kappa shape index (κ2) is 8.40. The van der Waals surface area contributed by atoms with Crippen molar-refractivity contribution in [3.63, 3.8) is 0 Å². The number of hydrogen-bond donors (Lipinski definition) is 1. The first-order valence-electron chi connectivity index (χ1n) is 8.90. The van der Waals surface area contributed by atoms with Crippen molar-refractivity contribution in [3.8, 4) is 16.9 Å². The summed E-state index contributed by atoms with van der Waals surface area (Å²) >= 11 is 6.12. The van der Waals surface area contributed by atoms with Gasteiger partial charge in [-0.1, -0.05) is 24.0 Å². The molecule has 156 valence electrons. The van der Waals surface area contributed by atoms with E-state index in [1.807, 2.05) is 0 Å². The van der Waals surface area contributed by atoms with Gasteiger partial charge in [0, 0.05) is 17.3 Å². The van der Waals surface area contributed by atoms with Crippen LogP contribution in [0.2, 0.25) is 0 Å². The third kappa shape index (κ3) is 4.39. The average Bonchev–Trinajstić information content (AvgIpc) is 3.26. The smallest absolute Gasteiger partial charge is 0.323 e. The van der Waals surface area contributed by atoms with Gasteiger partial charge in [0.05, 0.1) is 16.3 Å². The third-order valence-electron chi connectivity index (χ3n) is 4.40. The van der Waals surface area contributed by atoms with Crippen LogP contribution in [0.5, 0.6) is 0 Å². The van der Waals surface area contributed by atoms with Crippen molar-refractivity contribution in [1.82, 2.24) is 14.7 Å². The summed E-state index contributed by atoms with van der Waals surface area (Å²) in [5.41, 5.74) is 2.19. The number of aromatic nitrogens is 2. The van der Waals surface area contributed by atoms with Crippen LogP contribution in [-0.2, 0) is 9.59 Å². The van der Waals surface area contributed by atoms with Gasteiger partial charge in [0.25, 0.3) is 5.91 Å². The summed E-state index contributed by atoms with van der Waals surface area (Å²) in [5, 5.41) is 13.5. The maximum absolute atomic E-state index is 13.4. The van der Waals surface area contributed by atoms with Gasteiger partial charge >= 0.3 is 5.97 Å². The Kier molecular flexibility index (Phi) is 5.66. The van der Waals surface area contributed by atoms with Crippen LogP contribution in [0.1, 0.15) is 5.56 Å². The van der Waals surface area contributed by atoms with E-state index in [-0.39, 0.29) is 9.23 Å². The van der Waals surface area contributed by atoms with Crippen molar-refractivity contribution >= 4 is 46.3 Å². The number of benzene rings is 2. The van der Waals surface area contributed by atoms with Crippen LogP contribution in [0.4, 0.5) is 8.78 Å². The molecule has 2 aromatic carbocycles. The summed E-state index contributed by atoms with van der Waals surface area (Å²) < 4.78 is 28.3. The van der Waals surface area contributed by atoms with Crippen LogP contribution in [0, 0.1) is 11.6 Å². The second-order valence-corrected chi connectivity index (χ2v) is 8.20. The van der Waals surface area contributed by atoms with Gasteiger partial charge < -0.3 is 5.11 Å². The van der Waals surface area contributed by atoms with Crippen LogP contribution in [0.15, 0.2) is 59.6 Å². The number of nitrogens with zero attached hydrogens (tertiary/aromatic N) is 3. The summed E-state index contributed by atoms with van der Waals surface area (Å²) in [6.07, 6.45) is 3.21. The number of aliphatic carboxylic acids is 1. The molecule has 2 heterocycles. The van der Waals surface area contributed by atoms with Crippen molar-refractivity contribution in [2.45, 2.75) is 0 Å². The predicted octanol–water partition coefficient (Wildman–Crippen LogP) is 4.10. The van der Waals surface area contributed by atoms with E-state index in [1.54, 1.807) is 36.5 Å². The highest BCUT2D eigenvalue weighted by Gasteiger charge is 2.33. The maximum Gasteiger partial charge on any atom is 0.323 e. The molecule has 10 heteroatoms. The highest BCUT2D eigenvalue weighted by atomic mass is 32.2. The SMILES string of the molecule is O=C(O)CN1C(=O)/C(=C\c2cn(-c3ccc(F)cc3)nc2-c2ccc(F)cc2)SC1=S. The van der Waals surface area contributed by atoms with Gasteiger partial charge in [0.2, 0.25) is 0 Å². The molecule has 0 aliphatic carbocycles. The zero-order chi connectivity index (χ0) is 22.1. The molecule has 1 fully saturated rings. The van der Waals surface area contributed by atoms with Crippen molar-refractivity contribution in [3.05, 3.63) is 76.8 Å². The lowest BCUT2D eigenvalue weighted by Crippen LogP contribution is -2.33. The highest BCUT2D eigenvalue weighted by Crippen LogP contribution is 2.34. The summed E-state index contributed by atoms with van der Waals surface area (Å²) in [5.74, 6) is -2.49. The van der Waals surface area contributed by atoms with Crippen LogP contribution in [0.3, 0.4) is 0 Å². The first kappa shape index (κ1) is 20.9. The van der Waals surface area contributed by atoms with Crippen LogP contribution in [0.25, 0.3) is 23.0 Å². The second-order valence-electron chi connectivity index (χ2n) is 6.52. The van der Waals surface area contributed by atoms with Crippen LogP contribution < -0.4 is 0 Å². The van der Waals surface area contributed by atoms with Gasteiger partial charge in [-0.3, -0.25) is 14.5 Å². The summed E-state index contributed by atoms with van der Waals surface area (Å²) in [7, 11) is 0. The fourth-order valence-electron chi connectivity index (χ4n) is 2.96. The van der Waals surface area contributed by atoms with Gasteiger partial charge in [-0.15, -0.1) is 0 Å². The molecule has 0 spiro atoms. The Morgan fingerprint density at radius 2 is 1.71 bits per heavy atom. The quantitative estimate of drug-likeness (QED) is 0.459. The minimum atomic E-state index is -1.17. The normalized spacial score (nSPS) is 15.2. The molecule has 0 unspecified atom stereocenters. The number of carbonyl (C=O) groups is 2. The topological polar surface area (TPSA) is 75.4 Å². The summed E-state index contributed by atoms with van der Waals surface area (Å²) in [6, 6.07) is 11.4. The van der Waals surface area contributed by atoms with E-state index in [9.17, 15) is 18.4 Å². The molecule has 0 bridgehead atoms. The van der Waals surface area contributed by atoms with Crippen LogP contribution in [-0.4, -0.2) is 42.5 Å². The van der Waals surface area contributed by atoms with Crippen molar-refractivity contribution in [1.29, 1.82) is 0 Å². The predicted molar refractivity (Wildman–Crippen MR) is 116 cm³/mol. The lowest BCUT2D eigenvalue weighted by Gasteiger charge is -2.10. The van der Waals surface area contributed by atoms with E-state index in [1.165, 1.54) is 28.9 Å². The molecule has 1 aliphatic rings. The van der Waals surface area contributed by atoms with Crippen molar-refractivity contribution in [2.24, 2.45) is 0 Å². The largest absolute Gasteiger partial charge is 0.480 e. The Morgan fingerprint density at radius 3 is 2.32 bits per heavy atom. The Morgan fingerprint density at radius 1 is 1.10 bits per heavy atom. The Balaban J connectivity index is 1.79. The van der Waals surface area contributed by atoms with E-state index >= 15 is 0 Å². The molecule has 0 saturated carbocycles. The van der Waals surface area contributed by atoms with E-state index in [0.29, 0.717) is 22.5 Å². The molecule has 0 radical (unpaired) electrons. The number of thiocarbonyl (C=S) groups is 1. The Labute approximate surface area is 184 Å². The standard InChI is InChI=1S/C21H13F2N3O3S2/c22-14-3-1-12(2-4-14)19-13(10-26(24-19)16-7-5-15(23)6-8-16)9-17-20(29)25(11-18(27)28)21(30)31-17/h1-10H,11H2,(H,27,28)/b17-9+. The number of thioether (sulfide) groups is 1. The minimum absolute atomic E-state index is 0.146. The first-order valence-corrected chi connectivity index (χ1v) is 10.1. The molecule has 1 amide bonds. The summed E-state index contributed by atoms with van der Waals surface area (Å²) in [6.45, 7) is -0.526. The van der Waals surface area contributed by atoms with Gasteiger partial charge in [0.15, 0.2) is 0 Å². The molecular weight excluding hydrogens is 444 g/mol. The average molecular weight is 457 g/mol. The molecule has 1 aromatic heterocycles. The first-order chi connectivity index (χ1) is 14.8. The number of carboxylic acid groups (broad SMARTS) is 1. The fraction of sp³-hybridized carbons (Fsp3) is 0.0476. The maximum atomic E-state index is 13.4. The number of halogens is 2. The van der Waals surface area contributed by atoms with E-state index in [4.69, 9.17) is 17.3 Å². The molecule has 3 aromatic rings. The number of amides is 1. The Bertz CT molecular complexity index is 1220. The number of carboxylic acids is 1. The van der Waals surface area contributed by atoms with Crippen molar-refractivity contribution < 1.29 is 23.5 Å². The van der Waals surface area contributed by atoms with Gasteiger partial charge in [-0.2, -0.15) is 5.10 Å². The van der Waals surface area contributed by atoms with E-state index in [0.717, 1.165) is 16.7 Å². The molecular formula is C21H13F2N3O3S2. The van der Waals surface area contributed by atoms with Crippen LogP contribution >= 0.6 is 24.0 Å². The third-order valence-corrected chi connectivity index (χ3v) is 5.78. The minimum Gasteiger partial charge on any atom is -0.480 e. The molecule has 0 atom stereocenters. The summed E-state index contributed by atoms with van der Waals surface area (Å²) in [4.78, 5) is 24.9. The molecule has 6 nitrogen and oxygen atoms in total. The van der Waals surface area contributed by atoms with Gasteiger partial charge in [-0.05, 0) is 54.6 Å². The zero-order valence-corrected chi connectivity index (χ0v) is 17.3. The lowest BCUT2D eigenvalue weighted by molar-refractivity contribution is -0.140. The lowest BCUT2D eigenvalue weighted by atomic mass is 10.1. The van der Waals surface area contributed by atoms with Gasteiger partial charge in [0.1, 0.15) is 22.5 Å². The Hall–Kier alpha value is -3.37. The van der Waals surface area contributed by atoms with Crippen molar-refractivity contribution in [2.75, 3.05) is 6.54 Å². The van der Waals surface area contributed by atoms with E-state index in [2.05, 4.69) is 5.10 Å². The zero-order valence-electron chi connectivity index (χ0n) is 15.7. The fourth-order valence-corrected chi connectivity index (χ4v) is 4.21. The highest BCUT2D eigenvalue weighted by molar-refractivity contribution is 8.26. The number of carbonyl (C=O) groups excluding carboxylic acids is 1. The molecule has 4 rings (SSSR count).